The van der Waals surface area contributed by atoms with Crippen LogP contribution >= 0.6 is 11.6 Å². The summed E-state index contributed by atoms with van der Waals surface area (Å²) in [5, 5.41) is 3.44. The molecule has 0 amide bonds. The first kappa shape index (κ1) is 11.8. The van der Waals surface area contributed by atoms with Crippen LogP contribution in [0.15, 0.2) is 18.2 Å². The van der Waals surface area contributed by atoms with Crippen molar-refractivity contribution < 1.29 is 9.13 Å². The highest BCUT2D eigenvalue weighted by Gasteiger charge is 2.13. The van der Waals surface area contributed by atoms with Crippen molar-refractivity contribution >= 4 is 11.6 Å². The van der Waals surface area contributed by atoms with Crippen LogP contribution in [0.1, 0.15) is 18.4 Å². The fourth-order valence-corrected chi connectivity index (χ4v) is 2.01. The monoisotopic (exact) mass is 243 g/mol. The normalized spacial score (nSPS) is 21.0. The summed E-state index contributed by atoms with van der Waals surface area (Å²) < 4.78 is 18.6. The smallest absolute Gasteiger partial charge is 0.141 e. The van der Waals surface area contributed by atoms with E-state index in [2.05, 4.69) is 5.32 Å². The molecule has 0 radical (unpaired) electrons. The van der Waals surface area contributed by atoms with E-state index in [0.29, 0.717) is 6.61 Å². The second kappa shape index (κ2) is 5.62. The fraction of sp³-hybridized carbons (Fsp3) is 0.500. The van der Waals surface area contributed by atoms with Gasteiger partial charge in [0, 0.05) is 6.54 Å². The third-order valence-corrected chi connectivity index (χ3v) is 3.01. The molecule has 0 saturated carbocycles. The number of ether oxygens (including phenoxy) is 1. The molecule has 1 fully saturated rings. The molecule has 0 aliphatic carbocycles. The van der Waals surface area contributed by atoms with Crippen molar-refractivity contribution in [3.8, 4) is 0 Å². The molecule has 0 unspecified atom stereocenters. The molecule has 16 heavy (non-hydrogen) atoms. The van der Waals surface area contributed by atoms with E-state index < -0.39 is 0 Å². The molecule has 0 bridgehead atoms. The molecule has 0 spiro atoms. The summed E-state index contributed by atoms with van der Waals surface area (Å²) >= 11 is 5.69. The maximum absolute atomic E-state index is 12.9. The van der Waals surface area contributed by atoms with Gasteiger partial charge in [-0.25, -0.2) is 4.39 Å². The fourth-order valence-electron chi connectivity index (χ4n) is 1.81. The predicted molar refractivity (Wildman–Crippen MR) is 62.1 cm³/mol. The molecule has 4 heteroatoms. The predicted octanol–water partition coefficient (Wildman–Crippen LogP) is 2.75. The quantitative estimate of drug-likeness (QED) is 0.882. The van der Waals surface area contributed by atoms with E-state index >= 15 is 0 Å². The minimum Gasteiger partial charge on any atom is -0.372 e. The van der Waals surface area contributed by atoms with Gasteiger partial charge >= 0.3 is 0 Å². The van der Waals surface area contributed by atoms with Crippen LogP contribution in [-0.2, 0) is 11.3 Å². The summed E-state index contributed by atoms with van der Waals surface area (Å²) in [5.74, 6) is -0.384. The zero-order valence-electron chi connectivity index (χ0n) is 9.01. The number of hydrogen-bond donors (Lipinski definition) is 1. The van der Waals surface area contributed by atoms with Crippen LogP contribution in [0.4, 0.5) is 4.39 Å². The van der Waals surface area contributed by atoms with Crippen LogP contribution in [0.5, 0.6) is 0 Å². The highest BCUT2D eigenvalue weighted by molar-refractivity contribution is 6.30. The summed E-state index contributed by atoms with van der Waals surface area (Å²) in [5.41, 5.74) is 0.914. The summed E-state index contributed by atoms with van der Waals surface area (Å²) in [7, 11) is 0. The molecule has 1 aliphatic rings. The molecular formula is C12H15ClFNO. The Morgan fingerprint density at radius 2 is 2.38 bits per heavy atom. The molecule has 1 aromatic rings. The second-order valence-corrected chi connectivity index (χ2v) is 4.44. The Labute approximate surface area is 99.7 Å². The van der Waals surface area contributed by atoms with Gasteiger partial charge in [0.1, 0.15) is 5.82 Å². The maximum atomic E-state index is 12.9. The Balaban J connectivity index is 1.86. The van der Waals surface area contributed by atoms with Crippen LogP contribution in [0.2, 0.25) is 5.02 Å². The Morgan fingerprint density at radius 3 is 3.06 bits per heavy atom. The lowest BCUT2D eigenvalue weighted by molar-refractivity contribution is 0.0253. The van der Waals surface area contributed by atoms with Gasteiger partial charge < -0.3 is 10.1 Å². The Kier molecular flexibility index (Phi) is 4.16. The minimum absolute atomic E-state index is 0.155. The third kappa shape index (κ3) is 3.17. The number of nitrogens with one attached hydrogen (secondary N) is 1. The summed E-state index contributed by atoms with van der Waals surface area (Å²) in [6, 6.07) is 4.70. The van der Waals surface area contributed by atoms with Crippen molar-refractivity contribution in [2.45, 2.75) is 25.6 Å². The number of halogens is 2. The van der Waals surface area contributed by atoms with E-state index in [4.69, 9.17) is 16.3 Å². The average Bonchev–Trinajstić information content (AvgIpc) is 2.32. The van der Waals surface area contributed by atoms with Gasteiger partial charge in [0.05, 0.1) is 17.7 Å². The van der Waals surface area contributed by atoms with Gasteiger partial charge in [0.2, 0.25) is 0 Å². The molecule has 1 atom stereocenters. The van der Waals surface area contributed by atoms with Crippen molar-refractivity contribution in [2.75, 3.05) is 13.1 Å². The Bertz CT molecular complexity index is 353. The van der Waals surface area contributed by atoms with Gasteiger partial charge in [-0.05, 0) is 37.1 Å². The van der Waals surface area contributed by atoms with Crippen molar-refractivity contribution in [1.29, 1.82) is 0 Å². The number of hydrogen-bond acceptors (Lipinski definition) is 2. The first-order chi connectivity index (χ1) is 7.75. The molecule has 2 rings (SSSR count). The number of benzene rings is 1. The topological polar surface area (TPSA) is 21.3 Å². The van der Waals surface area contributed by atoms with Crippen molar-refractivity contribution in [1.82, 2.24) is 5.32 Å². The molecule has 1 aromatic carbocycles. The van der Waals surface area contributed by atoms with Gasteiger partial charge in [-0.15, -0.1) is 0 Å². The maximum Gasteiger partial charge on any atom is 0.141 e. The van der Waals surface area contributed by atoms with Crippen molar-refractivity contribution in [3.63, 3.8) is 0 Å². The molecule has 1 aliphatic heterocycles. The highest BCUT2D eigenvalue weighted by atomic mass is 35.5. The zero-order chi connectivity index (χ0) is 11.4. The van der Waals surface area contributed by atoms with Crippen LogP contribution in [-0.4, -0.2) is 19.2 Å². The zero-order valence-corrected chi connectivity index (χ0v) is 9.77. The standard InChI is InChI=1S/C12H15ClFNO/c13-11-6-9(3-4-12(11)14)8-16-10-2-1-5-15-7-10/h3-4,6,10,15H,1-2,5,7-8H2/t10-/m0/s1. The Hall–Kier alpha value is -0.640. The number of rotatable bonds is 3. The van der Waals surface area contributed by atoms with E-state index in [1.54, 1.807) is 12.1 Å². The van der Waals surface area contributed by atoms with Crippen molar-refractivity contribution in [2.24, 2.45) is 0 Å². The van der Waals surface area contributed by atoms with Crippen LogP contribution in [0.25, 0.3) is 0 Å². The lowest BCUT2D eigenvalue weighted by Gasteiger charge is -2.23. The molecule has 1 saturated heterocycles. The van der Waals surface area contributed by atoms with Crippen LogP contribution in [0.3, 0.4) is 0 Å². The van der Waals surface area contributed by atoms with E-state index in [9.17, 15) is 4.39 Å². The molecule has 2 nitrogen and oxygen atoms in total. The minimum atomic E-state index is -0.384. The third-order valence-electron chi connectivity index (χ3n) is 2.72. The van der Waals surface area contributed by atoms with Crippen molar-refractivity contribution in [3.05, 3.63) is 34.6 Å². The largest absolute Gasteiger partial charge is 0.372 e. The second-order valence-electron chi connectivity index (χ2n) is 4.03. The molecule has 0 aromatic heterocycles. The van der Waals surface area contributed by atoms with E-state index in [1.807, 2.05) is 0 Å². The summed E-state index contributed by atoms with van der Waals surface area (Å²) in [6.07, 6.45) is 2.49. The SMILES string of the molecule is Fc1ccc(CO[C@H]2CCCNC2)cc1Cl. The molecular weight excluding hydrogens is 229 g/mol. The number of piperidine rings is 1. The van der Waals surface area contributed by atoms with Gasteiger partial charge in [-0.2, -0.15) is 0 Å². The highest BCUT2D eigenvalue weighted by Crippen LogP contribution is 2.17. The molecule has 88 valence electrons. The summed E-state index contributed by atoms with van der Waals surface area (Å²) in [4.78, 5) is 0. The van der Waals surface area contributed by atoms with Gasteiger partial charge in [-0.3, -0.25) is 0 Å². The van der Waals surface area contributed by atoms with E-state index in [1.165, 1.54) is 6.07 Å². The molecule has 1 heterocycles. The lowest BCUT2D eigenvalue weighted by atomic mass is 10.1. The summed E-state index contributed by atoms with van der Waals surface area (Å²) in [6.45, 7) is 2.46. The van der Waals surface area contributed by atoms with E-state index in [-0.39, 0.29) is 16.9 Å². The van der Waals surface area contributed by atoms with Gasteiger partial charge in [0.15, 0.2) is 0 Å². The first-order valence-electron chi connectivity index (χ1n) is 5.52. The molecule has 1 N–H and O–H groups in total. The van der Waals surface area contributed by atoms with Gasteiger partial charge in [0.25, 0.3) is 0 Å². The van der Waals surface area contributed by atoms with Gasteiger partial charge in [-0.1, -0.05) is 17.7 Å². The average molecular weight is 244 g/mol. The first-order valence-corrected chi connectivity index (χ1v) is 5.90. The Morgan fingerprint density at radius 1 is 1.50 bits per heavy atom. The van der Waals surface area contributed by atoms with Crippen LogP contribution in [0, 0.1) is 5.82 Å². The lowest BCUT2D eigenvalue weighted by Crippen LogP contribution is -2.35. The van der Waals surface area contributed by atoms with E-state index in [0.717, 1.165) is 31.5 Å². The van der Waals surface area contributed by atoms with Crippen LogP contribution < -0.4 is 5.32 Å².